The zero-order valence-electron chi connectivity index (χ0n) is 10.3. The van der Waals surface area contributed by atoms with Gasteiger partial charge in [0.15, 0.2) is 5.78 Å². The molecule has 0 N–H and O–H groups in total. The number of halogens is 1. The van der Waals surface area contributed by atoms with Crippen molar-refractivity contribution in [3.05, 3.63) is 40.0 Å². The van der Waals surface area contributed by atoms with Crippen molar-refractivity contribution in [1.82, 2.24) is 4.98 Å². The van der Waals surface area contributed by atoms with Crippen molar-refractivity contribution in [3.8, 4) is 0 Å². The van der Waals surface area contributed by atoms with Crippen LogP contribution in [0.15, 0.2) is 18.2 Å². The van der Waals surface area contributed by atoms with Crippen LogP contribution in [-0.4, -0.2) is 10.8 Å². The highest BCUT2D eigenvalue weighted by Gasteiger charge is 2.17. The van der Waals surface area contributed by atoms with Crippen LogP contribution < -0.4 is 0 Å². The van der Waals surface area contributed by atoms with Crippen LogP contribution in [-0.2, 0) is 12.8 Å². The van der Waals surface area contributed by atoms with E-state index < -0.39 is 0 Å². The molecule has 18 heavy (non-hydrogen) atoms. The van der Waals surface area contributed by atoms with E-state index in [2.05, 4.69) is 4.98 Å². The maximum absolute atomic E-state index is 11.4. The maximum Gasteiger partial charge on any atom is 0.159 e. The highest BCUT2D eigenvalue weighted by molar-refractivity contribution is 6.36. The van der Waals surface area contributed by atoms with Crippen molar-refractivity contribution in [2.75, 3.05) is 0 Å². The van der Waals surface area contributed by atoms with Gasteiger partial charge in [0.05, 0.1) is 10.5 Å². The topological polar surface area (TPSA) is 30.0 Å². The Morgan fingerprint density at radius 2 is 2.06 bits per heavy atom. The lowest BCUT2D eigenvalue weighted by Gasteiger charge is -2.17. The molecule has 2 aromatic rings. The van der Waals surface area contributed by atoms with Gasteiger partial charge in [-0.25, -0.2) is 0 Å². The number of hydrogen-bond donors (Lipinski definition) is 0. The average molecular weight is 260 g/mol. The summed E-state index contributed by atoms with van der Waals surface area (Å²) in [5.41, 5.74) is 3.85. The molecule has 0 fully saturated rings. The summed E-state index contributed by atoms with van der Waals surface area (Å²) in [5.74, 6) is 0.0625. The van der Waals surface area contributed by atoms with Crippen LogP contribution in [0.1, 0.15) is 41.4 Å². The maximum atomic E-state index is 11.4. The quantitative estimate of drug-likeness (QED) is 0.726. The zero-order chi connectivity index (χ0) is 12.7. The summed E-state index contributed by atoms with van der Waals surface area (Å²) in [6.07, 6.45) is 4.38. The van der Waals surface area contributed by atoms with E-state index in [1.165, 1.54) is 18.4 Å². The molecule has 0 unspecified atom stereocenters. The SMILES string of the molecule is CC(=O)c1ccc2c(Cl)c3c(nc2c1)CCCC3. The van der Waals surface area contributed by atoms with Gasteiger partial charge in [0.25, 0.3) is 0 Å². The normalized spacial score (nSPS) is 14.6. The number of benzene rings is 1. The Hall–Kier alpha value is -1.41. The molecular weight excluding hydrogens is 246 g/mol. The van der Waals surface area contributed by atoms with Crippen molar-refractivity contribution >= 4 is 28.3 Å². The summed E-state index contributed by atoms with van der Waals surface area (Å²) in [5, 5.41) is 1.78. The molecule has 0 spiro atoms. The molecule has 0 amide bonds. The van der Waals surface area contributed by atoms with Crippen molar-refractivity contribution in [1.29, 1.82) is 0 Å². The first-order chi connectivity index (χ1) is 8.66. The predicted octanol–water partition coefficient (Wildman–Crippen LogP) is 3.97. The average Bonchev–Trinajstić information content (AvgIpc) is 2.38. The molecular formula is C15H14ClNO. The predicted molar refractivity (Wildman–Crippen MR) is 73.4 cm³/mol. The number of aromatic nitrogens is 1. The molecule has 2 nitrogen and oxygen atoms in total. The number of carbonyl (C=O) groups is 1. The van der Waals surface area contributed by atoms with Crippen LogP contribution in [0.2, 0.25) is 5.02 Å². The summed E-state index contributed by atoms with van der Waals surface area (Å²) < 4.78 is 0. The van der Waals surface area contributed by atoms with Gasteiger partial charge in [-0.05, 0) is 44.2 Å². The van der Waals surface area contributed by atoms with E-state index in [1.807, 2.05) is 18.2 Å². The van der Waals surface area contributed by atoms with Crippen LogP contribution >= 0.6 is 11.6 Å². The fourth-order valence-electron chi connectivity index (χ4n) is 2.59. The third-order valence-electron chi connectivity index (χ3n) is 3.60. The second kappa shape index (κ2) is 4.36. The lowest BCUT2D eigenvalue weighted by Crippen LogP contribution is -2.07. The van der Waals surface area contributed by atoms with Gasteiger partial charge in [-0.1, -0.05) is 23.7 Å². The van der Waals surface area contributed by atoms with Gasteiger partial charge in [0, 0.05) is 16.6 Å². The van der Waals surface area contributed by atoms with Crippen molar-refractivity contribution < 1.29 is 4.79 Å². The molecule has 0 saturated heterocycles. The Morgan fingerprint density at radius 1 is 1.28 bits per heavy atom. The standard InChI is InChI=1S/C15H14ClNO/c1-9(18)10-6-7-12-14(8-10)17-13-5-3-2-4-11(13)15(12)16/h6-8H,2-5H2,1H3. The van der Waals surface area contributed by atoms with Crippen molar-refractivity contribution in [2.45, 2.75) is 32.6 Å². The van der Waals surface area contributed by atoms with Gasteiger partial charge in [-0.3, -0.25) is 9.78 Å². The number of Topliss-reactive ketones (excluding diaryl/α,β-unsaturated/α-hetero) is 1. The number of aryl methyl sites for hydroxylation is 1. The Bertz CT molecular complexity index is 648. The van der Waals surface area contributed by atoms with Crippen molar-refractivity contribution in [3.63, 3.8) is 0 Å². The molecule has 0 aliphatic heterocycles. The fourth-order valence-corrected chi connectivity index (χ4v) is 2.95. The summed E-state index contributed by atoms with van der Waals surface area (Å²) in [7, 11) is 0. The van der Waals surface area contributed by atoms with E-state index in [1.54, 1.807) is 6.92 Å². The number of fused-ring (bicyclic) bond motifs is 2. The third kappa shape index (κ3) is 1.81. The lowest BCUT2D eigenvalue weighted by atomic mass is 9.94. The molecule has 0 atom stereocenters. The molecule has 0 radical (unpaired) electrons. The van der Waals surface area contributed by atoms with Crippen LogP contribution in [0.3, 0.4) is 0 Å². The fraction of sp³-hybridized carbons (Fsp3) is 0.333. The van der Waals surface area contributed by atoms with Crippen LogP contribution in [0.4, 0.5) is 0 Å². The van der Waals surface area contributed by atoms with Gasteiger partial charge in [-0.15, -0.1) is 0 Å². The second-order valence-electron chi connectivity index (χ2n) is 4.85. The molecule has 0 saturated carbocycles. The molecule has 1 aliphatic rings. The van der Waals surface area contributed by atoms with E-state index >= 15 is 0 Å². The minimum absolute atomic E-state index is 0.0625. The monoisotopic (exact) mass is 259 g/mol. The van der Waals surface area contributed by atoms with E-state index in [4.69, 9.17) is 11.6 Å². The molecule has 1 aromatic heterocycles. The van der Waals surface area contributed by atoms with E-state index in [-0.39, 0.29) is 5.78 Å². The lowest BCUT2D eigenvalue weighted by molar-refractivity contribution is 0.101. The Morgan fingerprint density at radius 3 is 2.83 bits per heavy atom. The molecule has 1 heterocycles. The molecule has 3 rings (SSSR count). The minimum Gasteiger partial charge on any atom is -0.295 e. The Kier molecular flexibility index (Phi) is 2.83. The molecule has 1 aromatic carbocycles. The second-order valence-corrected chi connectivity index (χ2v) is 5.22. The highest BCUT2D eigenvalue weighted by atomic mass is 35.5. The smallest absolute Gasteiger partial charge is 0.159 e. The van der Waals surface area contributed by atoms with E-state index in [9.17, 15) is 4.79 Å². The number of ketones is 1. The van der Waals surface area contributed by atoms with Crippen molar-refractivity contribution in [2.24, 2.45) is 0 Å². The van der Waals surface area contributed by atoms with Gasteiger partial charge in [0.2, 0.25) is 0 Å². The molecule has 1 aliphatic carbocycles. The summed E-state index contributed by atoms with van der Waals surface area (Å²) in [6, 6.07) is 5.59. The minimum atomic E-state index is 0.0625. The van der Waals surface area contributed by atoms with Gasteiger partial charge in [-0.2, -0.15) is 0 Å². The zero-order valence-corrected chi connectivity index (χ0v) is 11.0. The molecule has 3 heteroatoms. The summed E-state index contributed by atoms with van der Waals surface area (Å²) >= 11 is 6.47. The third-order valence-corrected chi connectivity index (χ3v) is 4.03. The van der Waals surface area contributed by atoms with Crippen LogP contribution in [0.5, 0.6) is 0 Å². The number of rotatable bonds is 1. The van der Waals surface area contributed by atoms with E-state index in [0.29, 0.717) is 5.56 Å². The summed E-state index contributed by atoms with van der Waals surface area (Å²) in [6.45, 7) is 1.57. The molecule has 92 valence electrons. The Balaban J connectivity index is 2.28. The Labute approximate surface area is 111 Å². The van der Waals surface area contributed by atoms with Crippen LogP contribution in [0.25, 0.3) is 10.9 Å². The molecule has 0 bridgehead atoms. The van der Waals surface area contributed by atoms with Gasteiger partial charge < -0.3 is 0 Å². The summed E-state index contributed by atoms with van der Waals surface area (Å²) in [4.78, 5) is 16.1. The first kappa shape index (κ1) is 11.7. The van der Waals surface area contributed by atoms with Gasteiger partial charge in [0.1, 0.15) is 0 Å². The van der Waals surface area contributed by atoms with Crippen LogP contribution in [0, 0.1) is 0 Å². The van der Waals surface area contributed by atoms with Gasteiger partial charge >= 0.3 is 0 Å². The largest absolute Gasteiger partial charge is 0.295 e. The number of carbonyl (C=O) groups excluding carboxylic acids is 1. The number of pyridine rings is 1. The van der Waals surface area contributed by atoms with E-state index in [0.717, 1.165) is 34.5 Å². The number of hydrogen-bond acceptors (Lipinski definition) is 2. The first-order valence-electron chi connectivity index (χ1n) is 6.29. The number of nitrogens with zero attached hydrogens (tertiary/aromatic N) is 1. The first-order valence-corrected chi connectivity index (χ1v) is 6.66. The highest BCUT2D eigenvalue weighted by Crippen LogP contribution is 2.33.